The second-order valence-electron chi connectivity index (χ2n) is 6.87. The quantitative estimate of drug-likeness (QED) is 0.448. The summed E-state index contributed by atoms with van der Waals surface area (Å²) >= 11 is 5.89. The maximum atomic E-state index is 14.5. The number of carbonyl (C=O) groups excluding carboxylic acids is 1. The molecule has 2 N–H and O–H groups in total. The lowest BCUT2D eigenvalue weighted by atomic mass is 9.83. The summed E-state index contributed by atoms with van der Waals surface area (Å²) in [4.78, 5) is 12.2. The van der Waals surface area contributed by atoms with E-state index in [2.05, 4.69) is 0 Å². The van der Waals surface area contributed by atoms with E-state index in [1.165, 1.54) is 18.2 Å². The van der Waals surface area contributed by atoms with Crippen molar-refractivity contribution in [3.8, 4) is 23.3 Å². The van der Waals surface area contributed by atoms with Crippen LogP contribution in [0.3, 0.4) is 0 Å². The van der Waals surface area contributed by atoms with Crippen LogP contribution in [-0.2, 0) is 4.79 Å². The van der Waals surface area contributed by atoms with Gasteiger partial charge in [-0.25, -0.2) is 9.18 Å². The molecule has 0 aromatic heterocycles. The zero-order valence-electron chi connectivity index (χ0n) is 16.5. The number of hydrogen-bond acceptors (Lipinski definition) is 6. The van der Waals surface area contributed by atoms with Gasteiger partial charge in [-0.3, -0.25) is 0 Å². The molecule has 0 fully saturated rings. The van der Waals surface area contributed by atoms with Gasteiger partial charge in [-0.1, -0.05) is 41.9 Å². The Bertz CT molecular complexity index is 1270. The molecule has 3 aromatic carbocycles. The maximum Gasteiger partial charge on any atom is 0.349 e. The number of esters is 1. The summed E-state index contributed by atoms with van der Waals surface area (Å²) in [6, 6.07) is 19.4. The number of nitrogens with two attached hydrogens (primary N) is 1. The molecule has 0 amide bonds. The molecule has 3 aromatic rings. The van der Waals surface area contributed by atoms with Gasteiger partial charge in [-0.05, 0) is 30.3 Å². The van der Waals surface area contributed by atoms with Gasteiger partial charge >= 0.3 is 5.97 Å². The van der Waals surface area contributed by atoms with Crippen LogP contribution in [-0.4, -0.2) is 12.6 Å². The van der Waals surface area contributed by atoms with Crippen molar-refractivity contribution in [2.24, 2.45) is 5.73 Å². The van der Waals surface area contributed by atoms with E-state index in [1.54, 1.807) is 48.5 Å². The molecular formula is C24H16ClFN2O4. The van der Waals surface area contributed by atoms with Crippen LogP contribution in [0, 0.1) is 17.1 Å². The molecular weight excluding hydrogens is 435 g/mol. The average Bonchev–Trinajstić information content (AvgIpc) is 2.77. The zero-order valence-corrected chi connectivity index (χ0v) is 17.3. The first-order chi connectivity index (χ1) is 15.5. The van der Waals surface area contributed by atoms with Gasteiger partial charge in [0.2, 0.25) is 5.88 Å². The summed E-state index contributed by atoms with van der Waals surface area (Å²) in [6.07, 6.45) is 0. The van der Waals surface area contributed by atoms with Crippen molar-refractivity contribution in [2.45, 2.75) is 5.92 Å². The fourth-order valence-corrected chi connectivity index (χ4v) is 3.57. The number of allylic oxidation sites excluding steroid dienone is 1. The van der Waals surface area contributed by atoms with Gasteiger partial charge in [0.1, 0.15) is 34.7 Å². The van der Waals surface area contributed by atoms with Crippen molar-refractivity contribution >= 4 is 17.6 Å². The molecule has 1 atom stereocenters. The van der Waals surface area contributed by atoms with E-state index in [9.17, 15) is 14.4 Å². The molecule has 6 nitrogen and oxygen atoms in total. The Morgan fingerprint density at radius 1 is 1.09 bits per heavy atom. The molecule has 0 bridgehead atoms. The number of nitriles is 1. The Kier molecular flexibility index (Phi) is 5.97. The smallest absolute Gasteiger partial charge is 0.349 e. The van der Waals surface area contributed by atoms with E-state index in [0.717, 1.165) is 0 Å². The van der Waals surface area contributed by atoms with Gasteiger partial charge in [0.15, 0.2) is 6.61 Å². The first-order valence-corrected chi connectivity index (χ1v) is 9.89. The van der Waals surface area contributed by atoms with E-state index in [-0.39, 0.29) is 35.1 Å². The number of fused-ring (bicyclic) bond motifs is 1. The molecule has 32 heavy (non-hydrogen) atoms. The van der Waals surface area contributed by atoms with Crippen LogP contribution in [0.5, 0.6) is 17.2 Å². The van der Waals surface area contributed by atoms with Gasteiger partial charge in [0.25, 0.3) is 0 Å². The van der Waals surface area contributed by atoms with Crippen LogP contribution in [0.2, 0.25) is 5.02 Å². The largest absolute Gasteiger partial charge is 0.482 e. The van der Waals surface area contributed by atoms with Crippen LogP contribution < -0.4 is 19.9 Å². The van der Waals surface area contributed by atoms with Crippen molar-refractivity contribution in [1.29, 1.82) is 5.26 Å². The van der Waals surface area contributed by atoms with E-state index in [1.807, 2.05) is 6.07 Å². The highest BCUT2D eigenvalue weighted by molar-refractivity contribution is 6.30. The highest BCUT2D eigenvalue weighted by atomic mass is 35.5. The maximum absolute atomic E-state index is 14.5. The molecule has 4 rings (SSSR count). The normalized spacial score (nSPS) is 14.7. The lowest BCUT2D eigenvalue weighted by Crippen LogP contribution is -2.22. The Morgan fingerprint density at radius 2 is 1.91 bits per heavy atom. The summed E-state index contributed by atoms with van der Waals surface area (Å²) in [6.45, 7) is -0.337. The minimum atomic E-state index is -0.749. The Hall–Kier alpha value is -4.02. The number of ether oxygens (including phenoxy) is 3. The molecule has 0 aliphatic carbocycles. The van der Waals surface area contributed by atoms with Gasteiger partial charge in [0.05, 0.1) is 5.92 Å². The SMILES string of the molecule is N#CC1=C(N)Oc2cc(OC(=O)COc3cccc(Cl)c3)ccc2C1c1ccccc1F. The lowest BCUT2D eigenvalue weighted by molar-refractivity contribution is -0.136. The first-order valence-electron chi connectivity index (χ1n) is 9.51. The Labute approximate surface area is 188 Å². The highest BCUT2D eigenvalue weighted by Crippen LogP contribution is 2.44. The minimum absolute atomic E-state index is 0.0993. The molecule has 0 radical (unpaired) electrons. The number of carbonyl (C=O) groups is 1. The Morgan fingerprint density at radius 3 is 2.66 bits per heavy atom. The average molecular weight is 451 g/mol. The number of hydrogen-bond donors (Lipinski definition) is 1. The van der Waals surface area contributed by atoms with Crippen molar-refractivity contribution in [3.63, 3.8) is 0 Å². The fraction of sp³-hybridized carbons (Fsp3) is 0.0833. The lowest BCUT2D eigenvalue weighted by Gasteiger charge is -2.27. The second kappa shape index (κ2) is 9.00. The number of halogens is 2. The molecule has 1 aliphatic heterocycles. The topological polar surface area (TPSA) is 94.6 Å². The number of rotatable bonds is 5. The fourth-order valence-electron chi connectivity index (χ4n) is 3.39. The van der Waals surface area contributed by atoms with Gasteiger partial charge in [-0.2, -0.15) is 5.26 Å². The highest BCUT2D eigenvalue weighted by Gasteiger charge is 2.32. The molecule has 0 saturated heterocycles. The van der Waals surface area contributed by atoms with Crippen LogP contribution in [0.15, 0.2) is 78.2 Å². The Balaban J connectivity index is 1.56. The minimum Gasteiger partial charge on any atom is -0.482 e. The molecule has 1 heterocycles. The van der Waals surface area contributed by atoms with Crippen LogP contribution >= 0.6 is 11.6 Å². The third-order valence-corrected chi connectivity index (χ3v) is 5.03. The van der Waals surface area contributed by atoms with Crippen LogP contribution in [0.1, 0.15) is 17.0 Å². The standard InChI is InChI=1S/C24H16ClFN2O4/c25-14-4-3-5-15(10-14)30-13-22(29)31-16-8-9-18-21(11-16)32-24(28)19(12-27)23(18)17-6-1-2-7-20(17)26/h1-11,23H,13,28H2. The number of benzene rings is 3. The van der Waals surface area contributed by atoms with Crippen molar-refractivity contribution in [3.05, 3.63) is 100 Å². The second-order valence-corrected chi connectivity index (χ2v) is 7.30. The molecule has 160 valence electrons. The zero-order chi connectivity index (χ0) is 22.7. The molecule has 0 saturated carbocycles. The molecule has 8 heteroatoms. The summed E-state index contributed by atoms with van der Waals surface area (Å²) in [5.41, 5.74) is 6.84. The van der Waals surface area contributed by atoms with Gasteiger partial charge < -0.3 is 19.9 Å². The first kappa shape index (κ1) is 21.2. The van der Waals surface area contributed by atoms with Crippen LogP contribution in [0.25, 0.3) is 0 Å². The number of nitrogens with zero attached hydrogens (tertiary/aromatic N) is 1. The summed E-state index contributed by atoms with van der Waals surface area (Å²) in [7, 11) is 0. The van der Waals surface area contributed by atoms with Gasteiger partial charge in [0, 0.05) is 22.2 Å². The van der Waals surface area contributed by atoms with E-state index in [0.29, 0.717) is 16.3 Å². The van der Waals surface area contributed by atoms with E-state index >= 15 is 0 Å². The van der Waals surface area contributed by atoms with E-state index in [4.69, 9.17) is 31.5 Å². The third kappa shape index (κ3) is 4.36. The van der Waals surface area contributed by atoms with Crippen molar-refractivity contribution in [1.82, 2.24) is 0 Å². The van der Waals surface area contributed by atoms with Crippen molar-refractivity contribution in [2.75, 3.05) is 6.61 Å². The van der Waals surface area contributed by atoms with Crippen LogP contribution in [0.4, 0.5) is 4.39 Å². The summed E-state index contributed by atoms with van der Waals surface area (Å²) in [5.74, 6) is -1.13. The van der Waals surface area contributed by atoms with E-state index < -0.39 is 17.7 Å². The van der Waals surface area contributed by atoms with Crippen molar-refractivity contribution < 1.29 is 23.4 Å². The molecule has 1 unspecified atom stereocenters. The predicted octanol–water partition coefficient (Wildman–Crippen LogP) is 4.68. The summed E-state index contributed by atoms with van der Waals surface area (Å²) < 4.78 is 30.8. The predicted molar refractivity (Wildman–Crippen MR) is 115 cm³/mol. The third-order valence-electron chi connectivity index (χ3n) is 4.79. The monoisotopic (exact) mass is 450 g/mol. The summed E-state index contributed by atoms with van der Waals surface area (Å²) in [5, 5.41) is 10.1. The molecule has 0 spiro atoms. The molecule has 1 aliphatic rings. The van der Waals surface area contributed by atoms with Gasteiger partial charge in [-0.15, -0.1) is 0 Å².